The van der Waals surface area contributed by atoms with Gasteiger partial charge >= 0.3 is 14.2 Å². The number of aliphatic hydroxyl groups is 1. The highest BCUT2D eigenvalue weighted by Gasteiger charge is 2.51. The van der Waals surface area contributed by atoms with Crippen LogP contribution in [0.4, 0.5) is 5.95 Å². The molecule has 0 saturated carbocycles. The van der Waals surface area contributed by atoms with Crippen LogP contribution in [0.5, 0.6) is 11.5 Å². The average molecular weight is 788 g/mol. The molecule has 3 heterocycles. The number of H-pyrrole nitrogens is 1. The van der Waals surface area contributed by atoms with Gasteiger partial charge in [0.15, 0.2) is 5.65 Å². The third-order valence-electron chi connectivity index (χ3n) is 9.54. The SMILES string of the molecule is CC/C=N/OP(OC1C(c2cnn3c(=O)[nH]c(N)nc23)OC(COC(c2ccccc2)(c2ccc(OC)cc2)c2ccc(OC)cc2)C1O)N(C(C)C)C(C)C. The lowest BCUT2D eigenvalue weighted by Gasteiger charge is -2.37. The molecule has 0 amide bonds. The molecule has 1 aliphatic rings. The van der Waals surface area contributed by atoms with E-state index in [1.807, 2.05) is 113 Å². The zero-order valence-corrected chi connectivity index (χ0v) is 33.5. The number of nitrogen functional groups attached to an aromatic ring is 1. The second-order valence-corrected chi connectivity index (χ2v) is 15.1. The molecule has 298 valence electrons. The van der Waals surface area contributed by atoms with E-state index in [1.54, 1.807) is 20.4 Å². The molecule has 0 spiro atoms. The molecule has 5 atom stereocenters. The second-order valence-electron chi connectivity index (χ2n) is 13.8. The van der Waals surface area contributed by atoms with E-state index in [-0.39, 0.29) is 30.3 Å². The lowest BCUT2D eigenvalue weighted by molar-refractivity contribution is -0.0826. The molecule has 16 heteroatoms. The Hall–Kier alpha value is -4.89. The molecule has 56 heavy (non-hydrogen) atoms. The Bertz CT molecular complexity index is 2060. The maximum absolute atomic E-state index is 12.8. The quantitative estimate of drug-likeness (QED) is 0.0436. The summed E-state index contributed by atoms with van der Waals surface area (Å²) in [5.41, 5.74) is 7.22. The van der Waals surface area contributed by atoms with E-state index >= 15 is 0 Å². The Balaban J connectivity index is 1.45. The van der Waals surface area contributed by atoms with Crippen molar-refractivity contribution >= 4 is 26.3 Å². The third kappa shape index (κ3) is 8.29. The highest BCUT2D eigenvalue weighted by molar-refractivity contribution is 7.44. The van der Waals surface area contributed by atoms with Crippen molar-refractivity contribution in [2.45, 2.75) is 83.1 Å². The molecule has 6 rings (SSSR count). The van der Waals surface area contributed by atoms with Crippen molar-refractivity contribution in [3.05, 3.63) is 118 Å². The Labute approximate surface area is 327 Å². The largest absolute Gasteiger partial charge is 0.497 e. The Morgan fingerprint density at radius 3 is 2.12 bits per heavy atom. The smallest absolute Gasteiger partial charge is 0.350 e. The minimum atomic E-state index is -1.89. The lowest BCUT2D eigenvalue weighted by atomic mass is 9.80. The molecule has 3 aromatic carbocycles. The number of hydrogen-bond acceptors (Lipinski definition) is 13. The van der Waals surface area contributed by atoms with Crippen LogP contribution in [0.15, 0.2) is 95.0 Å². The van der Waals surface area contributed by atoms with Crippen molar-refractivity contribution in [1.29, 1.82) is 0 Å². The fraction of sp³-hybridized carbons (Fsp3) is 0.400. The molecule has 15 nitrogen and oxygen atoms in total. The van der Waals surface area contributed by atoms with Crippen LogP contribution in [-0.4, -0.2) is 86.8 Å². The van der Waals surface area contributed by atoms with Gasteiger partial charge in [-0.3, -0.25) is 4.98 Å². The van der Waals surface area contributed by atoms with E-state index in [1.165, 1.54) is 6.20 Å². The van der Waals surface area contributed by atoms with Gasteiger partial charge in [-0.15, -0.1) is 0 Å². The summed E-state index contributed by atoms with van der Waals surface area (Å²) in [6.45, 7) is 9.98. The Morgan fingerprint density at radius 1 is 0.982 bits per heavy atom. The van der Waals surface area contributed by atoms with E-state index in [0.717, 1.165) is 21.2 Å². The van der Waals surface area contributed by atoms with Gasteiger partial charge in [-0.25, -0.2) is 9.46 Å². The van der Waals surface area contributed by atoms with Gasteiger partial charge in [0.1, 0.15) is 41.5 Å². The van der Waals surface area contributed by atoms with Crippen molar-refractivity contribution in [2.75, 3.05) is 26.6 Å². The number of aromatic amines is 1. The molecule has 2 aromatic heterocycles. The van der Waals surface area contributed by atoms with Crippen LogP contribution in [0, 0.1) is 0 Å². The van der Waals surface area contributed by atoms with Crippen molar-refractivity contribution in [3.63, 3.8) is 0 Å². The number of methoxy groups -OCH3 is 2. The minimum Gasteiger partial charge on any atom is -0.497 e. The van der Waals surface area contributed by atoms with Gasteiger partial charge in [0.05, 0.1) is 27.0 Å². The van der Waals surface area contributed by atoms with E-state index in [9.17, 15) is 9.90 Å². The second kappa shape index (κ2) is 17.9. The maximum Gasteiger partial charge on any atom is 0.350 e. The van der Waals surface area contributed by atoms with Crippen LogP contribution in [0.3, 0.4) is 0 Å². The summed E-state index contributed by atoms with van der Waals surface area (Å²) in [5, 5.41) is 20.8. The average Bonchev–Trinajstić information content (AvgIpc) is 3.75. The fourth-order valence-corrected chi connectivity index (χ4v) is 8.56. The number of aliphatic hydroxyl groups excluding tert-OH is 1. The summed E-state index contributed by atoms with van der Waals surface area (Å²) in [5.74, 6) is 1.27. The monoisotopic (exact) mass is 787 g/mol. The summed E-state index contributed by atoms with van der Waals surface area (Å²) in [6.07, 6.45) is -0.477. The normalized spacial score (nSPS) is 19.4. The van der Waals surface area contributed by atoms with Gasteiger partial charge in [-0.1, -0.05) is 66.7 Å². The first-order valence-electron chi connectivity index (χ1n) is 18.5. The fourth-order valence-electron chi connectivity index (χ4n) is 6.99. The number of hydrogen-bond donors (Lipinski definition) is 3. The van der Waals surface area contributed by atoms with Crippen LogP contribution in [-0.2, 0) is 24.2 Å². The van der Waals surface area contributed by atoms with Crippen molar-refractivity contribution in [1.82, 2.24) is 24.3 Å². The molecule has 5 unspecified atom stereocenters. The summed E-state index contributed by atoms with van der Waals surface area (Å²) in [7, 11) is 1.34. The number of oxime groups is 1. The van der Waals surface area contributed by atoms with Gasteiger partial charge < -0.3 is 38.9 Å². The molecule has 4 N–H and O–H groups in total. The van der Waals surface area contributed by atoms with Gasteiger partial charge in [0, 0.05) is 23.9 Å². The molecular weight excluding hydrogens is 737 g/mol. The van der Waals surface area contributed by atoms with Crippen LogP contribution in [0.25, 0.3) is 5.65 Å². The van der Waals surface area contributed by atoms with Gasteiger partial charge in [-0.2, -0.15) is 14.6 Å². The Kier molecular flexibility index (Phi) is 13.0. The number of ether oxygens (including phenoxy) is 4. The molecule has 0 aliphatic carbocycles. The number of aromatic nitrogens is 4. The van der Waals surface area contributed by atoms with E-state index in [2.05, 4.69) is 24.9 Å². The molecule has 0 bridgehead atoms. The molecule has 5 aromatic rings. The predicted octanol–water partition coefficient (Wildman–Crippen LogP) is 5.97. The zero-order valence-electron chi connectivity index (χ0n) is 32.6. The number of nitrogens with two attached hydrogens (primary N) is 1. The predicted molar refractivity (Wildman–Crippen MR) is 214 cm³/mol. The lowest BCUT2D eigenvalue weighted by Crippen LogP contribution is -2.41. The first kappa shape index (κ1) is 40.8. The number of benzene rings is 3. The molecule has 1 fully saturated rings. The van der Waals surface area contributed by atoms with E-state index in [0.29, 0.717) is 23.5 Å². The third-order valence-corrected chi connectivity index (χ3v) is 11.5. The van der Waals surface area contributed by atoms with Crippen molar-refractivity contribution in [2.24, 2.45) is 5.16 Å². The summed E-state index contributed by atoms with van der Waals surface area (Å²) < 4.78 is 40.9. The van der Waals surface area contributed by atoms with Crippen LogP contribution in [0.1, 0.15) is 69.4 Å². The molecule has 0 radical (unpaired) electrons. The topological polar surface area (TPSA) is 180 Å². The van der Waals surface area contributed by atoms with E-state index in [4.69, 9.17) is 33.8 Å². The maximum atomic E-state index is 12.8. The number of nitrogens with one attached hydrogen (secondary N) is 1. The number of nitrogens with zero attached hydrogens (tertiary/aromatic N) is 5. The van der Waals surface area contributed by atoms with Gasteiger partial charge in [0.25, 0.3) is 0 Å². The number of anilines is 1. The van der Waals surface area contributed by atoms with Gasteiger partial charge in [0.2, 0.25) is 5.95 Å². The first-order chi connectivity index (χ1) is 27.0. The number of rotatable bonds is 17. The highest BCUT2D eigenvalue weighted by atomic mass is 31.2. The summed E-state index contributed by atoms with van der Waals surface area (Å²) in [4.78, 5) is 19.7. The molecular formula is C40H50N7O8P. The van der Waals surface area contributed by atoms with Crippen molar-refractivity contribution in [3.8, 4) is 11.5 Å². The van der Waals surface area contributed by atoms with Gasteiger partial charge in [-0.05, 0) is 75.1 Å². The van der Waals surface area contributed by atoms with E-state index < -0.39 is 44.2 Å². The zero-order chi connectivity index (χ0) is 40.0. The molecule has 1 aliphatic heterocycles. The first-order valence-corrected chi connectivity index (χ1v) is 19.6. The Morgan fingerprint density at radius 2 is 1.57 bits per heavy atom. The molecule has 1 saturated heterocycles. The van der Waals surface area contributed by atoms with Crippen molar-refractivity contribution < 1.29 is 33.2 Å². The number of fused-ring (bicyclic) bond motifs is 1. The van der Waals surface area contributed by atoms with Crippen LogP contribution in [0.2, 0.25) is 0 Å². The highest BCUT2D eigenvalue weighted by Crippen LogP contribution is 2.52. The summed E-state index contributed by atoms with van der Waals surface area (Å²) >= 11 is 0. The minimum absolute atomic E-state index is 0.00698. The van der Waals surface area contributed by atoms with Crippen LogP contribution < -0.4 is 20.9 Å². The van der Waals surface area contributed by atoms with Crippen LogP contribution >= 0.6 is 8.53 Å². The summed E-state index contributed by atoms with van der Waals surface area (Å²) in [6, 6.07) is 25.2. The standard InChI is InChI=1S/C40H50N7O8P/c1-8-22-43-55-56(47(25(2)3)26(4)5)54-36-34(48)33(53-35(36)32-23-42-46-37(32)44-38(41)45-39(46)49)24-52-40(27-12-10-9-11-13-27,28-14-18-30(50-6)19-15-28)29-16-20-31(51-7)21-17-29/h9-23,25-26,33-36,48H,8,24H2,1-7H3,(H3,41,44,45,49)/b43-22+.